The molecule has 0 amide bonds. The molecule has 1 aromatic rings. The molecule has 0 aliphatic heterocycles. The predicted octanol–water partition coefficient (Wildman–Crippen LogP) is 4.29. The minimum Gasteiger partial charge on any atom is -0.0766 e. The van der Waals surface area contributed by atoms with Gasteiger partial charge in [0.25, 0.3) is 0 Å². The van der Waals surface area contributed by atoms with Crippen molar-refractivity contribution in [1.29, 1.82) is 0 Å². The lowest BCUT2D eigenvalue weighted by Gasteiger charge is -2.21. The molecular weight excluding hydrogens is 248 g/mol. The van der Waals surface area contributed by atoms with Crippen LogP contribution in [0.25, 0.3) is 5.57 Å². The lowest BCUT2D eigenvalue weighted by Crippen LogP contribution is -2.07. The Labute approximate surface area is 99.5 Å². The highest BCUT2D eigenvalue weighted by Gasteiger charge is 2.22. The van der Waals surface area contributed by atoms with Crippen molar-refractivity contribution in [3.05, 3.63) is 38.9 Å². The fourth-order valence-corrected chi connectivity index (χ4v) is 3.68. The molecular formula is C14H15Br. The number of hydrogen-bond donors (Lipinski definition) is 0. The first-order valence-electron chi connectivity index (χ1n) is 5.77. The number of rotatable bonds is 0. The summed E-state index contributed by atoms with van der Waals surface area (Å²) >= 11 is 3.73. The van der Waals surface area contributed by atoms with E-state index in [0.717, 1.165) is 6.42 Å². The third kappa shape index (κ3) is 1.40. The Balaban J connectivity index is 2.28. The molecule has 3 rings (SSSR count). The largest absolute Gasteiger partial charge is 0.0766 e. The molecule has 0 unspecified atom stereocenters. The summed E-state index contributed by atoms with van der Waals surface area (Å²) in [6, 6.07) is 2.34. The summed E-state index contributed by atoms with van der Waals surface area (Å²) in [6.45, 7) is 2.26. The van der Waals surface area contributed by atoms with Gasteiger partial charge in [-0.1, -0.05) is 22.0 Å². The summed E-state index contributed by atoms with van der Waals surface area (Å²) in [5.74, 6) is 0. The van der Waals surface area contributed by atoms with Gasteiger partial charge in [-0.25, -0.2) is 0 Å². The highest BCUT2D eigenvalue weighted by Crippen LogP contribution is 2.39. The van der Waals surface area contributed by atoms with Gasteiger partial charge in [0.05, 0.1) is 0 Å². The SMILES string of the molecule is CC1=CCc2cc(Br)c3c(c21)CCCC3. The van der Waals surface area contributed by atoms with Crippen LogP contribution in [0, 0.1) is 0 Å². The van der Waals surface area contributed by atoms with E-state index < -0.39 is 0 Å². The van der Waals surface area contributed by atoms with Crippen LogP contribution in [-0.4, -0.2) is 0 Å². The first-order valence-corrected chi connectivity index (χ1v) is 6.57. The minimum atomic E-state index is 1.13. The second-order valence-electron chi connectivity index (χ2n) is 4.65. The van der Waals surface area contributed by atoms with Gasteiger partial charge in [-0.2, -0.15) is 0 Å². The molecule has 0 atom stereocenters. The first-order chi connectivity index (χ1) is 7.27. The van der Waals surface area contributed by atoms with E-state index in [-0.39, 0.29) is 0 Å². The number of allylic oxidation sites excluding steroid dienone is 2. The molecule has 0 fully saturated rings. The van der Waals surface area contributed by atoms with Gasteiger partial charge < -0.3 is 0 Å². The van der Waals surface area contributed by atoms with Crippen LogP contribution in [0.5, 0.6) is 0 Å². The van der Waals surface area contributed by atoms with E-state index in [1.165, 1.54) is 41.3 Å². The fraction of sp³-hybridized carbons (Fsp3) is 0.429. The van der Waals surface area contributed by atoms with Crippen LogP contribution in [0.1, 0.15) is 42.0 Å². The molecule has 78 valence electrons. The molecule has 0 aromatic heterocycles. The van der Waals surface area contributed by atoms with E-state index in [9.17, 15) is 0 Å². The summed E-state index contributed by atoms with van der Waals surface area (Å²) in [5, 5.41) is 0. The molecule has 2 aliphatic carbocycles. The Morgan fingerprint density at radius 3 is 2.67 bits per heavy atom. The van der Waals surface area contributed by atoms with Gasteiger partial charge in [0.1, 0.15) is 0 Å². The van der Waals surface area contributed by atoms with Gasteiger partial charge in [-0.15, -0.1) is 0 Å². The van der Waals surface area contributed by atoms with Crippen molar-refractivity contribution in [1.82, 2.24) is 0 Å². The van der Waals surface area contributed by atoms with Gasteiger partial charge >= 0.3 is 0 Å². The Bertz CT molecular complexity index is 455. The van der Waals surface area contributed by atoms with Crippen LogP contribution in [0.15, 0.2) is 16.6 Å². The predicted molar refractivity (Wildman–Crippen MR) is 68.1 cm³/mol. The molecule has 1 heteroatoms. The highest BCUT2D eigenvalue weighted by atomic mass is 79.9. The van der Waals surface area contributed by atoms with Crippen molar-refractivity contribution in [2.24, 2.45) is 0 Å². The van der Waals surface area contributed by atoms with Crippen LogP contribution in [0.3, 0.4) is 0 Å². The standard InChI is InChI=1S/C14H15Br/c1-9-6-7-10-8-13(15)11-4-2-3-5-12(11)14(9)10/h6,8H,2-5,7H2,1H3. The summed E-state index contributed by atoms with van der Waals surface area (Å²) in [4.78, 5) is 0. The molecule has 0 saturated heterocycles. The molecule has 1 aromatic carbocycles. The van der Waals surface area contributed by atoms with E-state index in [4.69, 9.17) is 0 Å². The van der Waals surface area contributed by atoms with Gasteiger partial charge in [0, 0.05) is 4.47 Å². The molecule has 0 bridgehead atoms. The number of benzene rings is 1. The van der Waals surface area contributed by atoms with Gasteiger partial charge in [-0.3, -0.25) is 0 Å². The zero-order valence-corrected chi connectivity index (χ0v) is 10.7. The van der Waals surface area contributed by atoms with Gasteiger partial charge in [-0.05, 0) is 72.9 Å². The minimum absolute atomic E-state index is 1.13. The van der Waals surface area contributed by atoms with E-state index >= 15 is 0 Å². The molecule has 15 heavy (non-hydrogen) atoms. The lowest BCUT2D eigenvalue weighted by molar-refractivity contribution is 0.681. The van der Waals surface area contributed by atoms with Crippen molar-refractivity contribution < 1.29 is 0 Å². The fourth-order valence-electron chi connectivity index (χ4n) is 2.97. The Kier molecular flexibility index (Phi) is 2.24. The number of hydrogen-bond acceptors (Lipinski definition) is 0. The average molecular weight is 263 g/mol. The van der Waals surface area contributed by atoms with E-state index in [1.54, 1.807) is 16.7 Å². The van der Waals surface area contributed by atoms with Crippen LogP contribution in [0.2, 0.25) is 0 Å². The second-order valence-corrected chi connectivity index (χ2v) is 5.50. The molecule has 0 nitrogen and oxygen atoms in total. The molecule has 0 heterocycles. The molecule has 0 saturated carbocycles. The molecule has 0 N–H and O–H groups in total. The van der Waals surface area contributed by atoms with E-state index in [1.807, 2.05) is 0 Å². The van der Waals surface area contributed by atoms with E-state index in [0.29, 0.717) is 0 Å². The zero-order chi connectivity index (χ0) is 10.4. The third-order valence-corrected chi connectivity index (χ3v) is 4.41. The van der Waals surface area contributed by atoms with Crippen LogP contribution < -0.4 is 0 Å². The average Bonchev–Trinajstić information content (AvgIpc) is 2.61. The summed E-state index contributed by atoms with van der Waals surface area (Å²) in [6.07, 6.45) is 8.76. The van der Waals surface area contributed by atoms with Crippen molar-refractivity contribution in [2.75, 3.05) is 0 Å². The van der Waals surface area contributed by atoms with Crippen LogP contribution in [-0.2, 0) is 19.3 Å². The molecule has 0 radical (unpaired) electrons. The Hall–Kier alpha value is -0.560. The van der Waals surface area contributed by atoms with Gasteiger partial charge in [0.2, 0.25) is 0 Å². The quantitative estimate of drug-likeness (QED) is 0.655. The van der Waals surface area contributed by atoms with Crippen molar-refractivity contribution in [3.63, 3.8) is 0 Å². The topological polar surface area (TPSA) is 0 Å². The maximum atomic E-state index is 3.73. The monoisotopic (exact) mass is 262 g/mol. The first kappa shape index (κ1) is 9.65. The van der Waals surface area contributed by atoms with E-state index in [2.05, 4.69) is 35.0 Å². The number of halogens is 1. The number of fused-ring (bicyclic) bond motifs is 3. The van der Waals surface area contributed by atoms with Crippen LogP contribution >= 0.6 is 15.9 Å². The van der Waals surface area contributed by atoms with Crippen molar-refractivity contribution >= 4 is 21.5 Å². The molecule has 2 aliphatic rings. The summed E-state index contributed by atoms with van der Waals surface area (Å²) < 4.78 is 1.35. The summed E-state index contributed by atoms with van der Waals surface area (Å²) in [7, 11) is 0. The second kappa shape index (κ2) is 3.48. The maximum absolute atomic E-state index is 3.73. The highest BCUT2D eigenvalue weighted by molar-refractivity contribution is 9.10. The Morgan fingerprint density at radius 1 is 1.13 bits per heavy atom. The van der Waals surface area contributed by atoms with Crippen molar-refractivity contribution in [3.8, 4) is 0 Å². The smallest absolute Gasteiger partial charge is 0.0213 e. The Morgan fingerprint density at radius 2 is 1.87 bits per heavy atom. The zero-order valence-electron chi connectivity index (χ0n) is 9.07. The van der Waals surface area contributed by atoms with Crippen LogP contribution in [0.4, 0.5) is 0 Å². The molecule has 0 spiro atoms. The third-order valence-electron chi connectivity index (χ3n) is 3.70. The van der Waals surface area contributed by atoms with Crippen molar-refractivity contribution in [2.45, 2.75) is 39.0 Å². The summed E-state index contributed by atoms with van der Waals surface area (Å²) in [5.41, 5.74) is 7.81. The lowest BCUT2D eigenvalue weighted by atomic mass is 9.85. The van der Waals surface area contributed by atoms with Gasteiger partial charge in [0.15, 0.2) is 0 Å². The normalized spacial score (nSPS) is 18.4. The maximum Gasteiger partial charge on any atom is 0.0213 e.